The van der Waals surface area contributed by atoms with Gasteiger partial charge in [-0.3, -0.25) is 19.7 Å². The van der Waals surface area contributed by atoms with Crippen LogP contribution >= 0.6 is 0 Å². The van der Waals surface area contributed by atoms with Crippen LogP contribution in [0.1, 0.15) is 12.5 Å². The summed E-state index contributed by atoms with van der Waals surface area (Å²) in [5.74, 6) is -1.07. The first-order chi connectivity index (χ1) is 9.56. The lowest BCUT2D eigenvalue weighted by Gasteiger charge is -2.33. The van der Waals surface area contributed by atoms with Crippen LogP contribution < -0.4 is 10.6 Å². The number of fused-ring (bicyclic) bond motifs is 1. The molecule has 0 aliphatic carbocycles. The molecule has 3 rings (SSSR count). The van der Waals surface area contributed by atoms with E-state index in [2.05, 4.69) is 10.6 Å². The number of para-hydroxylation sites is 1. The standard InChI is InChI=1S/C14H15N3O3/c1-8-13(19)16-12(18)7-17(8)14(20)11-6-9-4-2-3-5-10(9)15-11/h2-5,8,11,15H,6-7H2,1H3,(H,16,18,19)/t8?,11-/m0/s1. The van der Waals surface area contributed by atoms with E-state index < -0.39 is 23.9 Å². The molecule has 0 spiro atoms. The van der Waals surface area contributed by atoms with Gasteiger partial charge in [0.1, 0.15) is 18.6 Å². The van der Waals surface area contributed by atoms with Gasteiger partial charge in [-0.25, -0.2) is 0 Å². The van der Waals surface area contributed by atoms with E-state index >= 15 is 0 Å². The van der Waals surface area contributed by atoms with Crippen LogP contribution in [0.2, 0.25) is 0 Å². The fourth-order valence-corrected chi connectivity index (χ4v) is 2.63. The number of amides is 3. The first kappa shape index (κ1) is 12.7. The number of imide groups is 1. The minimum atomic E-state index is -0.620. The molecule has 2 N–H and O–H groups in total. The molecule has 0 saturated carbocycles. The highest BCUT2D eigenvalue weighted by atomic mass is 16.2. The molecule has 2 atom stereocenters. The van der Waals surface area contributed by atoms with Crippen LogP contribution in [-0.2, 0) is 20.8 Å². The van der Waals surface area contributed by atoms with Gasteiger partial charge in [0, 0.05) is 12.1 Å². The van der Waals surface area contributed by atoms with E-state index in [1.165, 1.54) is 4.90 Å². The second-order valence-corrected chi connectivity index (χ2v) is 5.11. The van der Waals surface area contributed by atoms with Crippen LogP contribution in [0, 0.1) is 0 Å². The number of carbonyl (C=O) groups excluding carboxylic acids is 3. The lowest BCUT2D eigenvalue weighted by atomic mass is 10.1. The van der Waals surface area contributed by atoms with Gasteiger partial charge < -0.3 is 10.2 Å². The van der Waals surface area contributed by atoms with Crippen molar-refractivity contribution in [1.29, 1.82) is 0 Å². The minimum Gasteiger partial charge on any atom is -0.373 e. The van der Waals surface area contributed by atoms with Gasteiger partial charge in [0.2, 0.25) is 17.7 Å². The summed E-state index contributed by atoms with van der Waals surface area (Å²) in [5.41, 5.74) is 2.01. The van der Waals surface area contributed by atoms with Crippen molar-refractivity contribution in [2.75, 3.05) is 11.9 Å². The molecule has 1 aromatic rings. The number of hydrogen-bond donors (Lipinski definition) is 2. The minimum absolute atomic E-state index is 0.0692. The summed E-state index contributed by atoms with van der Waals surface area (Å²) in [6, 6.07) is 6.68. The van der Waals surface area contributed by atoms with Crippen LogP contribution in [0.25, 0.3) is 0 Å². The SMILES string of the molecule is CC1C(=O)NC(=O)CN1C(=O)[C@@H]1Cc2ccccc2N1. The zero-order valence-electron chi connectivity index (χ0n) is 11.1. The lowest BCUT2D eigenvalue weighted by molar-refractivity contribution is -0.149. The van der Waals surface area contributed by atoms with E-state index in [-0.39, 0.29) is 12.5 Å². The average molecular weight is 273 g/mol. The number of carbonyl (C=O) groups is 3. The largest absolute Gasteiger partial charge is 0.373 e. The Bertz CT molecular complexity index is 574. The molecule has 1 fully saturated rings. The highest BCUT2D eigenvalue weighted by Gasteiger charge is 2.38. The predicted molar refractivity (Wildman–Crippen MR) is 71.9 cm³/mol. The summed E-state index contributed by atoms with van der Waals surface area (Å²) < 4.78 is 0. The normalized spacial score (nSPS) is 24.9. The van der Waals surface area contributed by atoms with Crippen molar-refractivity contribution in [2.24, 2.45) is 0 Å². The Hall–Kier alpha value is -2.37. The van der Waals surface area contributed by atoms with Gasteiger partial charge >= 0.3 is 0 Å². The van der Waals surface area contributed by atoms with E-state index in [9.17, 15) is 14.4 Å². The summed E-state index contributed by atoms with van der Waals surface area (Å²) in [6.45, 7) is 1.56. The molecule has 0 bridgehead atoms. The maximum absolute atomic E-state index is 12.5. The molecule has 0 aromatic heterocycles. The van der Waals surface area contributed by atoms with E-state index in [1.807, 2.05) is 24.3 Å². The Labute approximate surface area is 116 Å². The molecule has 2 heterocycles. The average Bonchev–Trinajstić information content (AvgIpc) is 2.86. The zero-order valence-corrected chi connectivity index (χ0v) is 11.1. The van der Waals surface area contributed by atoms with Crippen molar-refractivity contribution in [1.82, 2.24) is 10.2 Å². The van der Waals surface area contributed by atoms with Crippen molar-refractivity contribution in [2.45, 2.75) is 25.4 Å². The maximum Gasteiger partial charge on any atom is 0.249 e. The number of piperazine rings is 1. The van der Waals surface area contributed by atoms with E-state index in [1.54, 1.807) is 6.92 Å². The predicted octanol–water partition coefficient (Wildman–Crippen LogP) is -0.103. The maximum atomic E-state index is 12.5. The van der Waals surface area contributed by atoms with Crippen molar-refractivity contribution < 1.29 is 14.4 Å². The molecule has 0 radical (unpaired) electrons. The molecule has 2 aliphatic rings. The van der Waals surface area contributed by atoms with Crippen molar-refractivity contribution >= 4 is 23.4 Å². The van der Waals surface area contributed by atoms with E-state index in [0.29, 0.717) is 6.42 Å². The molecule has 6 heteroatoms. The van der Waals surface area contributed by atoms with Crippen molar-refractivity contribution in [3.8, 4) is 0 Å². The number of hydrogen-bond acceptors (Lipinski definition) is 4. The molecule has 1 unspecified atom stereocenters. The van der Waals surface area contributed by atoms with Crippen LogP contribution in [0.4, 0.5) is 5.69 Å². The van der Waals surface area contributed by atoms with Gasteiger partial charge in [0.15, 0.2) is 0 Å². The number of benzene rings is 1. The Morgan fingerprint density at radius 2 is 2.05 bits per heavy atom. The molecular formula is C14H15N3O3. The van der Waals surface area contributed by atoms with Gasteiger partial charge in [-0.1, -0.05) is 18.2 Å². The van der Waals surface area contributed by atoms with Crippen molar-refractivity contribution in [3.63, 3.8) is 0 Å². The molecule has 104 valence electrons. The third kappa shape index (κ3) is 2.03. The van der Waals surface area contributed by atoms with Crippen LogP contribution in [0.5, 0.6) is 0 Å². The Morgan fingerprint density at radius 1 is 1.30 bits per heavy atom. The Kier molecular flexibility index (Phi) is 2.93. The number of nitrogens with one attached hydrogen (secondary N) is 2. The number of rotatable bonds is 1. The molecule has 1 aromatic carbocycles. The first-order valence-corrected chi connectivity index (χ1v) is 6.55. The van der Waals surface area contributed by atoms with Crippen LogP contribution in [-0.4, -0.2) is 41.2 Å². The molecule has 1 saturated heterocycles. The van der Waals surface area contributed by atoms with Crippen LogP contribution in [0.3, 0.4) is 0 Å². The van der Waals surface area contributed by atoms with Gasteiger partial charge in [-0.2, -0.15) is 0 Å². The summed E-state index contributed by atoms with van der Waals surface area (Å²) >= 11 is 0. The molecule has 2 aliphatic heterocycles. The summed E-state index contributed by atoms with van der Waals surface area (Å²) in [4.78, 5) is 36.9. The van der Waals surface area contributed by atoms with Gasteiger partial charge in [-0.15, -0.1) is 0 Å². The van der Waals surface area contributed by atoms with Gasteiger partial charge in [0.05, 0.1) is 0 Å². The first-order valence-electron chi connectivity index (χ1n) is 6.55. The van der Waals surface area contributed by atoms with Crippen molar-refractivity contribution in [3.05, 3.63) is 29.8 Å². The Morgan fingerprint density at radius 3 is 2.80 bits per heavy atom. The summed E-state index contributed by atoms with van der Waals surface area (Å²) in [6.07, 6.45) is 0.577. The summed E-state index contributed by atoms with van der Waals surface area (Å²) in [7, 11) is 0. The molecule has 6 nitrogen and oxygen atoms in total. The fraction of sp³-hybridized carbons (Fsp3) is 0.357. The topological polar surface area (TPSA) is 78.5 Å². The highest BCUT2D eigenvalue weighted by Crippen LogP contribution is 2.26. The van der Waals surface area contributed by atoms with E-state index in [0.717, 1.165) is 11.3 Å². The second kappa shape index (κ2) is 4.63. The monoisotopic (exact) mass is 273 g/mol. The van der Waals surface area contributed by atoms with Gasteiger partial charge in [-0.05, 0) is 18.6 Å². The number of nitrogens with zero attached hydrogens (tertiary/aromatic N) is 1. The third-order valence-corrected chi connectivity index (χ3v) is 3.78. The molecule has 20 heavy (non-hydrogen) atoms. The number of anilines is 1. The smallest absolute Gasteiger partial charge is 0.249 e. The van der Waals surface area contributed by atoms with Gasteiger partial charge in [0.25, 0.3) is 0 Å². The van der Waals surface area contributed by atoms with Crippen LogP contribution in [0.15, 0.2) is 24.3 Å². The summed E-state index contributed by atoms with van der Waals surface area (Å²) in [5, 5.41) is 5.38. The third-order valence-electron chi connectivity index (χ3n) is 3.78. The second-order valence-electron chi connectivity index (χ2n) is 5.11. The fourth-order valence-electron chi connectivity index (χ4n) is 2.63. The molecular weight excluding hydrogens is 258 g/mol. The highest BCUT2D eigenvalue weighted by molar-refractivity contribution is 6.05. The molecule has 3 amide bonds. The quantitative estimate of drug-likeness (QED) is 0.700. The zero-order chi connectivity index (χ0) is 14.3. The lowest BCUT2D eigenvalue weighted by Crippen LogP contribution is -2.60. The van der Waals surface area contributed by atoms with E-state index in [4.69, 9.17) is 0 Å². The Balaban J connectivity index is 1.77.